The highest BCUT2D eigenvalue weighted by Gasteiger charge is 2.04. The van der Waals surface area contributed by atoms with E-state index >= 15 is 0 Å². The minimum Gasteiger partial charge on any atom is -0.462 e. The smallest absolute Gasteiger partial charge is 0.333 e. The SMILES string of the molecule is C=C(C)C(=O)OCC(N)=O.C=C(C)C(=O)OCCC(N)=O. The van der Waals surface area contributed by atoms with Gasteiger partial charge in [0, 0.05) is 11.1 Å². The van der Waals surface area contributed by atoms with Gasteiger partial charge in [0.15, 0.2) is 6.61 Å². The summed E-state index contributed by atoms with van der Waals surface area (Å²) in [5.74, 6) is -2.25. The summed E-state index contributed by atoms with van der Waals surface area (Å²) in [4.78, 5) is 41.4. The van der Waals surface area contributed by atoms with E-state index in [1.54, 1.807) is 0 Å². The number of nitrogens with two attached hydrogens (primary N) is 2. The molecule has 0 saturated carbocycles. The van der Waals surface area contributed by atoms with Crippen LogP contribution in [0.15, 0.2) is 24.3 Å². The van der Waals surface area contributed by atoms with Crippen molar-refractivity contribution in [2.24, 2.45) is 11.5 Å². The normalized spacial score (nSPS) is 8.67. The molecule has 0 saturated heterocycles. The van der Waals surface area contributed by atoms with Gasteiger partial charge in [0.25, 0.3) is 5.91 Å². The zero-order chi connectivity index (χ0) is 17.0. The van der Waals surface area contributed by atoms with Crippen LogP contribution in [0.3, 0.4) is 0 Å². The van der Waals surface area contributed by atoms with Crippen LogP contribution in [0.25, 0.3) is 0 Å². The second kappa shape index (κ2) is 11.2. The number of ether oxygens (including phenoxy) is 2. The van der Waals surface area contributed by atoms with E-state index < -0.39 is 23.8 Å². The molecule has 0 aliphatic heterocycles. The lowest BCUT2D eigenvalue weighted by Crippen LogP contribution is -2.20. The summed E-state index contributed by atoms with van der Waals surface area (Å²) >= 11 is 0. The molecule has 0 unspecified atom stereocenters. The lowest BCUT2D eigenvalue weighted by molar-refractivity contribution is -0.143. The van der Waals surface area contributed by atoms with Gasteiger partial charge in [-0.2, -0.15) is 0 Å². The van der Waals surface area contributed by atoms with Gasteiger partial charge in [0.05, 0.1) is 6.42 Å². The Labute approximate surface area is 122 Å². The molecule has 0 aliphatic carbocycles. The number of hydrogen-bond acceptors (Lipinski definition) is 6. The Bertz CT molecular complexity index is 442. The molecule has 0 aromatic rings. The van der Waals surface area contributed by atoms with E-state index in [0.717, 1.165) is 0 Å². The number of primary amides is 2. The van der Waals surface area contributed by atoms with Gasteiger partial charge in [-0.3, -0.25) is 9.59 Å². The number of esters is 2. The van der Waals surface area contributed by atoms with Crippen LogP contribution in [0.5, 0.6) is 0 Å². The number of hydrogen-bond donors (Lipinski definition) is 2. The first-order valence-corrected chi connectivity index (χ1v) is 5.79. The molecule has 0 spiro atoms. The maximum absolute atomic E-state index is 10.7. The summed E-state index contributed by atoms with van der Waals surface area (Å²) in [6, 6.07) is 0. The van der Waals surface area contributed by atoms with E-state index in [2.05, 4.69) is 22.6 Å². The predicted octanol–water partition coefficient (Wildman–Crippen LogP) is -0.428. The lowest BCUT2D eigenvalue weighted by Gasteiger charge is -2.00. The van der Waals surface area contributed by atoms with Gasteiger partial charge in [-0.25, -0.2) is 9.59 Å². The molecule has 0 aromatic carbocycles. The van der Waals surface area contributed by atoms with Crippen LogP contribution in [0.1, 0.15) is 20.3 Å². The molecule has 21 heavy (non-hydrogen) atoms. The highest BCUT2D eigenvalue weighted by molar-refractivity contribution is 5.89. The largest absolute Gasteiger partial charge is 0.462 e. The molecule has 0 fully saturated rings. The van der Waals surface area contributed by atoms with Crippen LogP contribution in [0, 0.1) is 0 Å². The third-order valence-electron chi connectivity index (χ3n) is 1.62. The number of rotatable bonds is 7. The van der Waals surface area contributed by atoms with Gasteiger partial charge < -0.3 is 20.9 Å². The van der Waals surface area contributed by atoms with E-state index in [1.165, 1.54) is 13.8 Å². The number of carbonyl (C=O) groups excluding carboxylic acids is 4. The van der Waals surface area contributed by atoms with Crippen molar-refractivity contribution < 1.29 is 28.7 Å². The van der Waals surface area contributed by atoms with Gasteiger partial charge >= 0.3 is 11.9 Å². The highest BCUT2D eigenvalue weighted by atomic mass is 16.5. The molecule has 0 atom stereocenters. The number of amides is 2. The monoisotopic (exact) mass is 300 g/mol. The molecule has 4 N–H and O–H groups in total. The topological polar surface area (TPSA) is 139 Å². The molecule has 8 nitrogen and oxygen atoms in total. The first kappa shape index (κ1) is 20.7. The molecule has 0 bridgehead atoms. The van der Waals surface area contributed by atoms with Crippen molar-refractivity contribution in [3.63, 3.8) is 0 Å². The van der Waals surface area contributed by atoms with Crippen molar-refractivity contribution in [3.8, 4) is 0 Å². The maximum atomic E-state index is 10.7. The second-order valence-electron chi connectivity index (χ2n) is 3.96. The van der Waals surface area contributed by atoms with Gasteiger partial charge in [-0.15, -0.1) is 0 Å². The Balaban J connectivity index is 0. The molecular formula is C13H20N2O6. The average Bonchev–Trinajstić information content (AvgIpc) is 2.35. The molecule has 2 amide bonds. The van der Waals surface area contributed by atoms with Gasteiger partial charge in [0.2, 0.25) is 5.91 Å². The van der Waals surface area contributed by atoms with Crippen molar-refractivity contribution in [2.45, 2.75) is 20.3 Å². The van der Waals surface area contributed by atoms with Crippen LogP contribution in [-0.4, -0.2) is 37.0 Å². The molecule has 0 aromatic heterocycles. The van der Waals surface area contributed by atoms with Crippen molar-refractivity contribution in [1.29, 1.82) is 0 Å². The van der Waals surface area contributed by atoms with Crippen LogP contribution in [0.4, 0.5) is 0 Å². The van der Waals surface area contributed by atoms with Crippen LogP contribution < -0.4 is 11.5 Å². The van der Waals surface area contributed by atoms with Gasteiger partial charge in [0.1, 0.15) is 6.61 Å². The zero-order valence-corrected chi connectivity index (χ0v) is 12.1. The summed E-state index contributed by atoms with van der Waals surface area (Å²) in [6.07, 6.45) is 0.0546. The molecule has 0 radical (unpaired) electrons. The van der Waals surface area contributed by atoms with Crippen LogP contribution in [0.2, 0.25) is 0 Å². The maximum Gasteiger partial charge on any atom is 0.333 e. The fourth-order valence-electron chi connectivity index (χ4n) is 0.627. The van der Waals surface area contributed by atoms with Crippen LogP contribution >= 0.6 is 0 Å². The summed E-state index contributed by atoms with van der Waals surface area (Å²) in [5.41, 5.74) is 10.1. The molecule has 8 heteroatoms. The molecule has 0 rings (SSSR count). The van der Waals surface area contributed by atoms with Crippen molar-refractivity contribution in [2.75, 3.05) is 13.2 Å². The summed E-state index contributed by atoms with van der Waals surface area (Å²) in [6.45, 7) is 9.34. The van der Waals surface area contributed by atoms with Gasteiger partial charge in [-0.1, -0.05) is 13.2 Å². The quantitative estimate of drug-likeness (QED) is 0.483. The van der Waals surface area contributed by atoms with Crippen molar-refractivity contribution >= 4 is 23.8 Å². The molecule has 0 aliphatic rings. The third-order valence-corrected chi connectivity index (χ3v) is 1.62. The zero-order valence-electron chi connectivity index (χ0n) is 12.1. The Morgan fingerprint density at radius 2 is 1.29 bits per heavy atom. The minimum absolute atomic E-state index is 0.0288. The first-order chi connectivity index (χ1) is 9.57. The van der Waals surface area contributed by atoms with E-state index in [-0.39, 0.29) is 25.2 Å². The van der Waals surface area contributed by atoms with E-state index in [9.17, 15) is 19.2 Å². The molecule has 0 heterocycles. The predicted molar refractivity (Wildman–Crippen MR) is 74.6 cm³/mol. The van der Waals surface area contributed by atoms with E-state index in [4.69, 9.17) is 11.5 Å². The Morgan fingerprint density at radius 3 is 1.62 bits per heavy atom. The van der Waals surface area contributed by atoms with Crippen LogP contribution in [-0.2, 0) is 28.7 Å². The third kappa shape index (κ3) is 15.3. The molecular weight excluding hydrogens is 280 g/mol. The summed E-state index contributed by atoms with van der Waals surface area (Å²) in [5, 5.41) is 0. The fraction of sp³-hybridized carbons (Fsp3) is 0.385. The second-order valence-corrected chi connectivity index (χ2v) is 3.96. The van der Waals surface area contributed by atoms with Gasteiger partial charge in [-0.05, 0) is 13.8 Å². The standard InChI is InChI=1S/C7H11NO3.C6H9NO3/c1-5(2)7(10)11-4-3-6(8)9;1-4(2)6(9)10-3-5(7)8/h1,3-4H2,2H3,(H2,8,9);1,3H2,2H3,(H2,7,8). The minimum atomic E-state index is -0.672. The highest BCUT2D eigenvalue weighted by Crippen LogP contribution is 1.92. The molecule has 118 valence electrons. The fourth-order valence-corrected chi connectivity index (χ4v) is 0.627. The van der Waals surface area contributed by atoms with Crippen molar-refractivity contribution in [1.82, 2.24) is 0 Å². The van der Waals surface area contributed by atoms with E-state index in [1.807, 2.05) is 0 Å². The van der Waals surface area contributed by atoms with E-state index in [0.29, 0.717) is 5.57 Å². The average molecular weight is 300 g/mol. The summed E-state index contributed by atoms with van der Waals surface area (Å²) < 4.78 is 8.93. The number of carbonyl (C=O) groups is 4. The summed E-state index contributed by atoms with van der Waals surface area (Å²) in [7, 11) is 0. The Kier molecular flexibility index (Phi) is 11.0. The lowest BCUT2D eigenvalue weighted by atomic mass is 10.3. The first-order valence-electron chi connectivity index (χ1n) is 5.79. The Morgan fingerprint density at radius 1 is 0.857 bits per heavy atom. The Hall–Kier alpha value is -2.64. The van der Waals surface area contributed by atoms with Crippen molar-refractivity contribution in [3.05, 3.63) is 24.3 Å².